The van der Waals surface area contributed by atoms with Crippen LogP contribution in [-0.2, 0) is 0 Å². The van der Waals surface area contributed by atoms with Crippen LogP contribution in [0.2, 0.25) is 0 Å². The third kappa shape index (κ3) is 1.70. The number of hydrogen-bond donors (Lipinski definition) is 2. The molecule has 2 nitrogen and oxygen atoms in total. The number of nitrogen functional groups attached to an aromatic ring is 1. The molecule has 1 aliphatic carbocycles. The molecule has 0 amide bonds. The number of aryl methyl sites for hydroxylation is 1. The number of nitrogens with two attached hydrogens (primary N) is 1. The SMILES string of the molecule is Cc1cccc(NC2(C(F)(F)F)CC2)c1N. The van der Waals surface area contributed by atoms with Gasteiger partial charge in [0.25, 0.3) is 0 Å². The number of para-hydroxylation sites is 1. The van der Waals surface area contributed by atoms with Crippen molar-refractivity contribution < 1.29 is 13.2 Å². The van der Waals surface area contributed by atoms with Gasteiger partial charge in [0.15, 0.2) is 0 Å². The van der Waals surface area contributed by atoms with Gasteiger partial charge in [-0.15, -0.1) is 0 Å². The van der Waals surface area contributed by atoms with Gasteiger partial charge in [0, 0.05) is 0 Å². The fraction of sp³-hybridized carbons (Fsp3) is 0.455. The normalized spacial score (nSPS) is 18.2. The van der Waals surface area contributed by atoms with Gasteiger partial charge >= 0.3 is 6.18 Å². The van der Waals surface area contributed by atoms with Crippen molar-refractivity contribution in [3.8, 4) is 0 Å². The minimum Gasteiger partial charge on any atom is -0.397 e. The van der Waals surface area contributed by atoms with E-state index < -0.39 is 11.7 Å². The number of alkyl halides is 3. The molecule has 3 N–H and O–H groups in total. The van der Waals surface area contributed by atoms with E-state index in [1.165, 1.54) is 0 Å². The Balaban J connectivity index is 2.25. The van der Waals surface area contributed by atoms with Crippen molar-refractivity contribution >= 4 is 11.4 Å². The Morgan fingerprint density at radius 2 is 1.94 bits per heavy atom. The molecule has 2 rings (SSSR count). The Hall–Kier alpha value is -1.39. The summed E-state index contributed by atoms with van der Waals surface area (Å²) < 4.78 is 38.1. The molecule has 5 heteroatoms. The number of benzene rings is 1. The van der Waals surface area contributed by atoms with Gasteiger partial charge < -0.3 is 11.1 Å². The first-order chi connectivity index (χ1) is 7.36. The number of nitrogens with one attached hydrogen (secondary N) is 1. The van der Waals surface area contributed by atoms with Crippen molar-refractivity contribution in [2.24, 2.45) is 0 Å². The molecular formula is C11H13F3N2. The monoisotopic (exact) mass is 230 g/mol. The summed E-state index contributed by atoms with van der Waals surface area (Å²) in [5, 5.41) is 2.53. The van der Waals surface area contributed by atoms with Crippen LogP contribution in [0.5, 0.6) is 0 Å². The molecule has 0 heterocycles. The van der Waals surface area contributed by atoms with Gasteiger partial charge in [-0.3, -0.25) is 0 Å². The van der Waals surface area contributed by atoms with E-state index in [-0.39, 0.29) is 12.8 Å². The van der Waals surface area contributed by atoms with Gasteiger partial charge in [-0.05, 0) is 31.4 Å². The first-order valence-electron chi connectivity index (χ1n) is 5.06. The van der Waals surface area contributed by atoms with Crippen molar-refractivity contribution in [3.63, 3.8) is 0 Å². The summed E-state index contributed by atoms with van der Waals surface area (Å²) in [5.41, 5.74) is 5.51. The van der Waals surface area contributed by atoms with Gasteiger partial charge in [0.1, 0.15) is 5.54 Å². The first-order valence-corrected chi connectivity index (χ1v) is 5.06. The zero-order chi connectivity index (χ0) is 12.0. The van der Waals surface area contributed by atoms with E-state index in [1.54, 1.807) is 25.1 Å². The highest BCUT2D eigenvalue weighted by atomic mass is 19.4. The van der Waals surface area contributed by atoms with Crippen LogP contribution in [0, 0.1) is 6.92 Å². The number of anilines is 2. The maximum atomic E-state index is 12.7. The van der Waals surface area contributed by atoms with Gasteiger partial charge in [-0.25, -0.2) is 0 Å². The van der Waals surface area contributed by atoms with E-state index in [9.17, 15) is 13.2 Å². The van der Waals surface area contributed by atoms with Crippen molar-refractivity contribution in [2.45, 2.75) is 31.5 Å². The highest BCUT2D eigenvalue weighted by Gasteiger charge is 2.63. The van der Waals surface area contributed by atoms with Crippen molar-refractivity contribution in [1.29, 1.82) is 0 Å². The third-order valence-corrected chi connectivity index (χ3v) is 2.99. The molecular weight excluding hydrogens is 217 g/mol. The summed E-state index contributed by atoms with van der Waals surface area (Å²) in [6, 6.07) is 5.04. The van der Waals surface area contributed by atoms with E-state index in [4.69, 9.17) is 5.73 Å². The molecule has 1 aromatic carbocycles. The van der Waals surface area contributed by atoms with Crippen molar-refractivity contribution in [1.82, 2.24) is 0 Å². The standard InChI is InChI=1S/C11H13F3N2/c1-7-3-2-4-8(9(7)15)16-10(5-6-10)11(12,13)14/h2-4,16H,5-6,15H2,1H3. The first kappa shape index (κ1) is 11.1. The van der Waals surface area contributed by atoms with E-state index >= 15 is 0 Å². The summed E-state index contributed by atoms with van der Waals surface area (Å²) in [7, 11) is 0. The van der Waals surface area contributed by atoms with Crippen LogP contribution in [0.3, 0.4) is 0 Å². The maximum Gasteiger partial charge on any atom is 0.411 e. The number of halogens is 3. The van der Waals surface area contributed by atoms with Gasteiger partial charge in [0.05, 0.1) is 11.4 Å². The van der Waals surface area contributed by atoms with Crippen molar-refractivity contribution in [3.05, 3.63) is 23.8 Å². The van der Waals surface area contributed by atoms with Gasteiger partial charge in [-0.1, -0.05) is 12.1 Å². The maximum absolute atomic E-state index is 12.7. The summed E-state index contributed by atoms with van der Waals surface area (Å²) in [6.07, 6.45) is -3.99. The second-order valence-electron chi connectivity index (χ2n) is 4.24. The molecule has 0 aromatic heterocycles. The average molecular weight is 230 g/mol. The molecule has 0 aliphatic heterocycles. The minimum atomic E-state index is -4.22. The Morgan fingerprint density at radius 1 is 1.31 bits per heavy atom. The zero-order valence-electron chi connectivity index (χ0n) is 8.86. The number of hydrogen-bond acceptors (Lipinski definition) is 2. The predicted octanol–water partition coefficient (Wildman–Crippen LogP) is 3.08. The largest absolute Gasteiger partial charge is 0.411 e. The fourth-order valence-corrected chi connectivity index (χ4v) is 1.65. The molecule has 1 aromatic rings. The lowest BCUT2D eigenvalue weighted by atomic mass is 10.1. The Kier molecular flexibility index (Phi) is 2.29. The topological polar surface area (TPSA) is 38.0 Å². The molecule has 1 saturated carbocycles. The van der Waals surface area contributed by atoms with E-state index in [0.717, 1.165) is 5.56 Å². The fourth-order valence-electron chi connectivity index (χ4n) is 1.65. The Bertz CT molecular complexity index is 408. The molecule has 0 radical (unpaired) electrons. The highest BCUT2D eigenvalue weighted by Crippen LogP contribution is 2.51. The molecule has 16 heavy (non-hydrogen) atoms. The average Bonchev–Trinajstić information content (AvgIpc) is 2.93. The van der Waals surface area contributed by atoms with E-state index in [2.05, 4.69) is 5.32 Å². The van der Waals surface area contributed by atoms with Gasteiger partial charge in [-0.2, -0.15) is 13.2 Å². The molecule has 0 atom stereocenters. The summed E-state index contributed by atoms with van der Waals surface area (Å²) >= 11 is 0. The molecule has 1 aliphatic rings. The lowest BCUT2D eigenvalue weighted by Gasteiger charge is -2.23. The summed E-state index contributed by atoms with van der Waals surface area (Å²) in [4.78, 5) is 0. The second kappa shape index (κ2) is 3.30. The second-order valence-corrected chi connectivity index (χ2v) is 4.24. The highest BCUT2D eigenvalue weighted by molar-refractivity contribution is 5.71. The quantitative estimate of drug-likeness (QED) is 0.766. The summed E-state index contributed by atoms with van der Waals surface area (Å²) in [6.45, 7) is 1.77. The minimum absolute atomic E-state index is 0.115. The van der Waals surface area contributed by atoms with E-state index in [0.29, 0.717) is 11.4 Å². The Morgan fingerprint density at radius 3 is 2.44 bits per heavy atom. The number of rotatable bonds is 2. The lowest BCUT2D eigenvalue weighted by molar-refractivity contribution is -0.151. The van der Waals surface area contributed by atoms with Crippen LogP contribution in [0.1, 0.15) is 18.4 Å². The molecule has 0 spiro atoms. The van der Waals surface area contributed by atoms with Crippen LogP contribution in [-0.4, -0.2) is 11.7 Å². The Labute approximate surface area is 91.6 Å². The molecule has 0 bridgehead atoms. The smallest absolute Gasteiger partial charge is 0.397 e. The van der Waals surface area contributed by atoms with Crippen molar-refractivity contribution in [2.75, 3.05) is 11.1 Å². The van der Waals surface area contributed by atoms with Crippen LogP contribution in [0.4, 0.5) is 24.5 Å². The summed E-state index contributed by atoms with van der Waals surface area (Å²) in [5.74, 6) is 0. The third-order valence-electron chi connectivity index (χ3n) is 2.99. The van der Waals surface area contributed by atoms with E-state index in [1.807, 2.05) is 0 Å². The van der Waals surface area contributed by atoms with Crippen LogP contribution in [0.25, 0.3) is 0 Å². The molecule has 0 unspecified atom stereocenters. The molecule has 88 valence electrons. The van der Waals surface area contributed by atoms with Crippen LogP contribution >= 0.6 is 0 Å². The predicted molar refractivity (Wildman–Crippen MR) is 57.2 cm³/mol. The zero-order valence-corrected chi connectivity index (χ0v) is 8.86. The molecule has 1 fully saturated rings. The molecule has 0 saturated heterocycles. The van der Waals surface area contributed by atoms with Gasteiger partial charge in [0.2, 0.25) is 0 Å². The van der Waals surface area contributed by atoms with Crippen LogP contribution in [0.15, 0.2) is 18.2 Å². The van der Waals surface area contributed by atoms with Crippen LogP contribution < -0.4 is 11.1 Å². The lowest BCUT2D eigenvalue weighted by Crippen LogP contribution is -2.38.